The van der Waals surface area contributed by atoms with Gasteiger partial charge in [-0.2, -0.15) is 0 Å². The molecule has 0 aromatic heterocycles. The van der Waals surface area contributed by atoms with Crippen molar-refractivity contribution in [1.82, 2.24) is 0 Å². The van der Waals surface area contributed by atoms with Crippen LogP contribution in [0.4, 0.5) is 0 Å². The summed E-state index contributed by atoms with van der Waals surface area (Å²) in [7, 11) is 0. The Balaban J connectivity index is 1.66. The largest absolute Gasteiger partial charge is 0.393 e. The van der Waals surface area contributed by atoms with E-state index in [9.17, 15) is 15.3 Å². The number of fused-ring (bicyclic) bond motifs is 5. The van der Waals surface area contributed by atoms with Crippen LogP contribution in [0.2, 0.25) is 0 Å². The summed E-state index contributed by atoms with van der Waals surface area (Å²) in [6.07, 6.45) is 4.25. The van der Waals surface area contributed by atoms with Gasteiger partial charge in [0.2, 0.25) is 0 Å². The van der Waals surface area contributed by atoms with Crippen LogP contribution in [0.5, 0.6) is 0 Å². The molecule has 0 bridgehead atoms. The normalized spacial score (nSPS) is 62.8. The zero-order chi connectivity index (χ0) is 20.8. The Morgan fingerprint density at radius 2 is 1.79 bits per heavy atom. The average molecular weight is 341 g/mol. The van der Waals surface area contributed by atoms with Crippen LogP contribution in [-0.4, -0.2) is 33.1 Å². The molecule has 4 aliphatic rings. The van der Waals surface area contributed by atoms with E-state index in [4.69, 9.17) is 5.48 Å². The van der Waals surface area contributed by atoms with Crippen molar-refractivity contribution in [2.75, 3.05) is 0 Å². The van der Waals surface area contributed by atoms with Crippen molar-refractivity contribution >= 4 is 0 Å². The standard InChI is InChI=1S/C21H36O3/c1-13(22)21(24)11-8-18-16-5-4-14-12-15(23)6-9-19(14,2)17(16)7-10-20(18,21)3/h13-18,22-24H,4-12H2,1-3H3/t13?,14-,15-,16?,17?,18?,19?,20?,21+/m1/s1/i1D3,13D. The Kier molecular flexibility index (Phi) is 2.97. The van der Waals surface area contributed by atoms with E-state index in [0.717, 1.165) is 38.5 Å². The van der Waals surface area contributed by atoms with Crippen LogP contribution in [0.1, 0.15) is 84.0 Å². The van der Waals surface area contributed by atoms with Gasteiger partial charge in [-0.3, -0.25) is 0 Å². The van der Waals surface area contributed by atoms with Gasteiger partial charge in [-0.15, -0.1) is 0 Å². The molecule has 3 nitrogen and oxygen atoms in total. The average Bonchev–Trinajstić information content (AvgIpc) is 2.87. The molecule has 6 unspecified atom stereocenters. The molecule has 24 heavy (non-hydrogen) atoms. The molecule has 0 aromatic carbocycles. The lowest BCUT2D eigenvalue weighted by Crippen LogP contribution is -2.59. The molecule has 0 aromatic rings. The Labute approximate surface area is 152 Å². The summed E-state index contributed by atoms with van der Waals surface area (Å²) in [4.78, 5) is 0. The molecular weight excluding hydrogens is 300 g/mol. The second-order valence-electron chi connectivity index (χ2n) is 9.79. The van der Waals surface area contributed by atoms with Gasteiger partial charge in [0, 0.05) is 9.53 Å². The van der Waals surface area contributed by atoms with Gasteiger partial charge in [0.05, 0.1) is 19.2 Å². The third-order valence-corrected chi connectivity index (χ3v) is 9.18. The summed E-state index contributed by atoms with van der Waals surface area (Å²) < 4.78 is 31.3. The number of aliphatic hydroxyl groups excluding tert-OH is 1. The van der Waals surface area contributed by atoms with Crippen molar-refractivity contribution in [1.29, 1.82) is 0 Å². The molecule has 0 spiro atoms. The van der Waals surface area contributed by atoms with E-state index < -0.39 is 23.9 Å². The van der Waals surface area contributed by atoms with Gasteiger partial charge >= 0.3 is 0 Å². The highest BCUT2D eigenvalue weighted by atomic mass is 16.3. The molecule has 4 rings (SSSR count). The van der Waals surface area contributed by atoms with E-state index in [1.807, 2.05) is 6.92 Å². The Bertz CT molecular complexity index is 638. The first kappa shape index (κ1) is 13.1. The number of hydrogen-bond acceptors (Lipinski definition) is 3. The van der Waals surface area contributed by atoms with E-state index in [2.05, 4.69) is 6.92 Å². The first-order valence-electron chi connectivity index (χ1n) is 11.9. The Hall–Kier alpha value is -0.120. The molecule has 3 N–H and O–H groups in total. The van der Waals surface area contributed by atoms with Crippen LogP contribution >= 0.6 is 0 Å². The molecule has 0 heterocycles. The van der Waals surface area contributed by atoms with Gasteiger partial charge in [-0.25, -0.2) is 0 Å². The van der Waals surface area contributed by atoms with E-state index in [1.165, 1.54) is 0 Å². The first-order chi connectivity index (χ1) is 12.8. The summed E-state index contributed by atoms with van der Waals surface area (Å²) in [5, 5.41) is 32.4. The second kappa shape index (κ2) is 5.44. The highest BCUT2D eigenvalue weighted by molar-refractivity contribution is 5.15. The van der Waals surface area contributed by atoms with Crippen molar-refractivity contribution in [2.24, 2.45) is 34.5 Å². The number of hydrogen-bond donors (Lipinski definition) is 3. The predicted octanol–water partition coefficient (Wildman–Crippen LogP) is 3.50. The molecule has 4 saturated carbocycles. The maximum atomic E-state index is 11.5. The molecular formula is C21H36O3. The summed E-state index contributed by atoms with van der Waals surface area (Å²) in [5.41, 5.74) is -2.47. The molecule has 0 saturated heterocycles. The van der Waals surface area contributed by atoms with Crippen molar-refractivity contribution in [3.8, 4) is 0 Å². The fourth-order valence-corrected chi connectivity index (χ4v) is 7.64. The van der Waals surface area contributed by atoms with Crippen molar-refractivity contribution < 1.29 is 20.8 Å². The lowest BCUT2D eigenvalue weighted by atomic mass is 9.44. The highest BCUT2D eigenvalue weighted by Gasteiger charge is 2.65. The van der Waals surface area contributed by atoms with Crippen LogP contribution < -0.4 is 0 Å². The third-order valence-electron chi connectivity index (χ3n) is 9.18. The second-order valence-corrected chi connectivity index (χ2v) is 9.79. The monoisotopic (exact) mass is 340 g/mol. The molecule has 0 aliphatic heterocycles. The lowest BCUT2D eigenvalue weighted by molar-refractivity contribution is -0.186. The minimum absolute atomic E-state index is 0.139. The summed E-state index contributed by atoms with van der Waals surface area (Å²) in [6.45, 7) is 1.36. The third kappa shape index (κ3) is 2.07. The maximum Gasteiger partial charge on any atom is 0.0958 e. The van der Waals surface area contributed by atoms with E-state index in [1.54, 1.807) is 0 Å². The van der Waals surface area contributed by atoms with Crippen molar-refractivity contribution in [3.63, 3.8) is 0 Å². The molecule has 138 valence electrons. The highest BCUT2D eigenvalue weighted by Crippen LogP contribution is 2.68. The fraction of sp³-hybridized carbons (Fsp3) is 1.00. The molecule has 9 atom stereocenters. The first-order valence-corrected chi connectivity index (χ1v) is 9.91. The topological polar surface area (TPSA) is 60.7 Å². The van der Waals surface area contributed by atoms with E-state index in [0.29, 0.717) is 30.6 Å². The van der Waals surface area contributed by atoms with E-state index in [-0.39, 0.29) is 23.9 Å². The number of rotatable bonds is 1. The van der Waals surface area contributed by atoms with Crippen LogP contribution in [0, 0.1) is 34.5 Å². The van der Waals surface area contributed by atoms with Crippen molar-refractivity contribution in [3.05, 3.63) is 0 Å². The lowest BCUT2D eigenvalue weighted by Gasteiger charge is -2.61. The fourth-order valence-electron chi connectivity index (χ4n) is 7.64. The van der Waals surface area contributed by atoms with Crippen LogP contribution in [0.25, 0.3) is 0 Å². The smallest absolute Gasteiger partial charge is 0.0958 e. The van der Waals surface area contributed by atoms with Gasteiger partial charge in [-0.05, 0) is 93.7 Å². The maximum absolute atomic E-state index is 11.5. The van der Waals surface area contributed by atoms with Crippen LogP contribution in [-0.2, 0) is 0 Å². The molecule has 0 radical (unpaired) electrons. The zero-order valence-electron chi connectivity index (χ0n) is 19.1. The quantitative estimate of drug-likeness (QED) is 0.684. The molecule has 4 aliphatic carbocycles. The van der Waals surface area contributed by atoms with Gasteiger partial charge < -0.3 is 15.3 Å². The summed E-state index contributed by atoms with van der Waals surface area (Å²) in [6, 6.07) is 0. The Morgan fingerprint density at radius 1 is 1.04 bits per heavy atom. The predicted molar refractivity (Wildman–Crippen MR) is 94.4 cm³/mol. The SMILES string of the molecule is [2H]C([2H])([2H])C([2H])(O)[C@@]1(O)CCC2C3CC[C@@H]4C[C@H](O)CCC4(C)C3CCC21C. The van der Waals surface area contributed by atoms with Gasteiger partial charge in [0.25, 0.3) is 0 Å². The zero-order valence-corrected chi connectivity index (χ0v) is 15.1. The van der Waals surface area contributed by atoms with Crippen molar-refractivity contribution in [2.45, 2.75) is 96.3 Å². The summed E-state index contributed by atoms with van der Waals surface area (Å²) >= 11 is 0. The minimum atomic E-state index is -2.94. The number of aliphatic hydroxyl groups is 3. The van der Waals surface area contributed by atoms with Gasteiger partial charge in [-0.1, -0.05) is 13.8 Å². The molecule has 3 heteroatoms. The Morgan fingerprint density at radius 3 is 2.54 bits per heavy atom. The van der Waals surface area contributed by atoms with Gasteiger partial charge in [0.15, 0.2) is 0 Å². The van der Waals surface area contributed by atoms with Crippen LogP contribution in [0.15, 0.2) is 0 Å². The molecule has 4 fully saturated rings. The minimum Gasteiger partial charge on any atom is -0.393 e. The van der Waals surface area contributed by atoms with Gasteiger partial charge in [0.1, 0.15) is 0 Å². The van der Waals surface area contributed by atoms with Crippen LogP contribution in [0.3, 0.4) is 0 Å². The summed E-state index contributed by atoms with van der Waals surface area (Å²) in [5.74, 6) is 1.60. The molecule has 0 amide bonds. The van der Waals surface area contributed by atoms with E-state index >= 15 is 0 Å².